The topological polar surface area (TPSA) is 22.1 Å². The summed E-state index contributed by atoms with van der Waals surface area (Å²) < 4.78 is 5.25. The van der Waals surface area contributed by atoms with Crippen molar-refractivity contribution in [2.45, 2.75) is 33.1 Å². The van der Waals surface area contributed by atoms with E-state index >= 15 is 0 Å². The maximum absolute atomic E-state index is 5.25. The number of rotatable bonds is 1. The fraction of sp³-hybridized carbons (Fsp3) is 0.667. The Balaban J connectivity index is 3.13. The van der Waals surface area contributed by atoms with E-state index in [2.05, 4.69) is 25.8 Å². The van der Waals surface area contributed by atoms with E-state index in [4.69, 9.17) is 4.74 Å². The van der Waals surface area contributed by atoms with Crippen LogP contribution in [0.1, 0.15) is 31.5 Å². The van der Waals surface area contributed by atoms with Crippen molar-refractivity contribution < 1.29 is 4.74 Å². The molecule has 12 heavy (non-hydrogen) atoms. The van der Waals surface area contributed by atoms with Crippen molar-refractivity contribution in [3.63, 3.8) is 0 Å². The molecular formula is C9H15NOS. The van der Waals surface area contributed by atoms with Gasteiger partial charge in [-0.05, 0) is 6.92 Å². The predicted octanol–water partition coefficient (Wildman–Crippen LogP) is 2.76. The molecule has 0 spiro atoms. The van der Waals surface area contributed by atoms with Gasteiger partial charge in [-0.3, -0.25) is 0 Å². The van der Waals surface area contributed by atoms with E-state index in [-0.39, 0.29) is 5.41 Å². The summed E-state index contributed by atoms with van der Waals surface area (Å²) in [6.45, 7) is 8.43. The van der Waals surface area contributed by atoms with Crippen LogP contribution in [-0.4, -0.2) is 12.1 Å². The molecule has 1 aromatic rings. The second kappa shape index (κ2) is 3.05. The smallest absolute Gasteiger partial charge is 0.197 e. The van der Waals surface area contributed by atoms with Crippen LogP contribution in [0.15, 0.2) is 0 Å². The molecule has 1 rings (SSSR count). The number of thiazole rings is 1. The van der Waals surface area contributed by atoms with E-state index in [0.717, 1.165) is 15.8 Å². The van der Waals surface area contributed by atoms with Crippen molar-refractivity contribution in [3.8, 4) is 5.06 Å². The first-order valence-corrected chi connectivity index (χ1v) is 4.78. The first kappa shape index (κ1) is 9.52. The second-order valence-corrected chi connectivity index (χ2v) is 4.99. The number of aryl methyl sites for hydroxylation is 1. The van der Waals surface area contributed by atoms with Crippen LogP contribution in [-0.2, 0) is 5.41 Å². The lowest BCUT2D eigenvalue weighted by Crippen LogP contribution is -2.12. The third-order valence-electron chi connectivity index (χ3n) is 1.60. The fourth-order valence-electron chi connectivity index (χ4n) is 1.02. The molecule has 3 heteroatoms. The Morgan fingerprint density at radius 3 is 2.25 bits per heavy atom. The number of hydrogen-bond donors (Lipinski definition) is 0. The molecule has 68 valence electrons. The van der Waals surface area contributed by atoms with Crippen molar-refractivity contribution in [1.29, 1.82) is 0 Å². The van der Waals surface area contributed by atoms with Gasteiger partial charge >= 0.3 is 0 Å². The normalized spacial score (nSPS) is 11.8. The van der Waals surface area contributed by atoms with Gasteiger partial charge in [-0.25, -0.2) is 4.98 Å². The molecular weight excluding hydrogens is 170 g/mol. The molecule has 0 unspecified atom stereocenters. The maximum Gasteiger partial charge on any atom is 0.197 e. The Kier molecular flexibility index (Phi) is 2.42. The Labute approximate surface area is 77.6 Å². The summed E-state index contributed by atoms with van der Waals surface area (Å²) >= 11 is 1.61. The molecule has 0 saturated carbocycles. The van der Waals surface area contributed by atoms with Gasteiger partial charge in [0.25, 0.3) is 0 Å². The lowest BCUT2D eigenvalue weighted by Gasteiger charge is -2.16. The van der Waals surface area contributed by atoms with Gasteiger partial charge in [-0.1, -0.05) is 32.1 Å². The van der Waals surface area contributed by atoms with Crippen LogP contribution in [0, 0.1) is 6.92 Å². The van der Waals surface area contributed by atoms with E-state index in [0.29, 0.717) is 0 Å². The number of nitrogens with zero attached hydrogens (tertiary/aromatic N) is 1. The quantitative estimate of drug-likeness (QED) is 0.671. The van der Waals surface area contributed by atoms with Gasteiger partial charge in [0.2, 0.25) is 0 Å². The van der Waals surface area contributed by atoms with Gasteiger partial charge in [-0.2, -0.15) is 0 Å². The van der Waals surface area contributed by atoms with E-state index in [1.807, 2.05) is 6.92 Å². The molecule has 1 aromatic heterocycles. The number of ether oxygens (including phenoxy) is 1. The highest BCUT2D eigenvalue weighted by atomic mass is 32.1. The summed E-state index contributed by atoms with van der Waals surface area (Å²) in [5, 5.41) is 2.01. The monoisotopic (exact) mass is 185 g/mol. The molecule has 0 aliphatic heterocycles. The molecule has 0 amide bonds. The van der Waals surface area contributed by atoms with Crippen LogP contribution in [0.5, 0.6) is 5.06 Å². The van der Waals surface area contributed by atoms with Crippen LogP contribution in [0.4, 0.5) is 0 Å². The molecule has 1 heterocycles. The maximum atomic E-state index is 5.25. The molecule has 0 fully saturated rings. The van der Waals surface area contributed by atoms with Crippen LogP contribution in [0.25, 0.3) is 0 Å². The Morgan fingerprint density at radius 1 is 1.33 bits per heavy atom. The summed E-state index contributed by atoms with van der Waals surface area (Å²) in [4.78, 5) is 4.45. The summed E-state index contributed by atoms with van der Waals surface area (Å²) in [5.41, 5.74) is 1.14. The minimum Gasteiger partial charge on any atom is -0.486 e. The van der Waals surface area contributed by atoms with Crippen molar-refractivity contribution in [2.75, 3.05) is 7.11 Å². The lowest BCUT2D eigenvalue weighted by molar-refractivity contribution is 0.406. The zero-order valence-corrected chi connectivity index (χ0v) is 9.08. The van der Waals surface area contributed by atoms with Gasteiger partial charge in [-0.15, -0.1) is 0 Å². The second-order valence-electron chi connectivity index (χ2n) is 3.82. The van der Waals surface area contributed by atoms with Gasteiger partial charge in [0, 0.05) is 5.41 Å². The number of methoxy groups -OCH3 is 1. The highest BCUT2D eigenvalue weighted by Crippen LogP contribution is 2.35. The molecule has 0 radical (unpaired) electrons. The van der Waals surface area contributed by atoms with Crippen molar-refractivity contribution in [3.05, 3.63) is 10.7 Å². The first-order chi connectivity index (χ1) is 5.45. The lowest BCUT2D eigenvalue weighted by atomic mass is 9.93. The average Bonchev–Trinajstić information content (AvgIpc) is 2.29. The molecule has 0 aliphatic carbocycles. The van der Waals surface area contributed by atoms with Crippen LogP contribution < -0.4 is 4.74 Å². The zero-order chi connectivity index (χ0) is 9.35. The fourth-order valence-corrected chi connectivity index (χ4v) is 1.96. The summed E-state index contributed by atoms with van der Waals surface area (Å²) in [7, 11) is 1.70. The van der Waals surface area contributed by atoms with Crippen molar-refractivity contribution in [2.24, 2.45) is 0 Å². The van der Waals surface area contributed by atoms with Crippen LogP contribution in [0.2, 0.25) is 0 Å². The van der Waals surface area contributed by atoms with Gasteiger partial charge in [0.15, 0.2) is 5.06 Å². The summed E-state index contributed by atoms with van der Waals surface area (Å²) in [6.07, 6.45) is 0. The van der Waals surface area contributed by atoms with Gasteiger partial charge in [0.05, 0.1) is 17.8 Å². The zero-order valence-electron chi connectivity index (χ0n) is 8.26. The molecule has 0 N–H and O–H groups in total. The molecule has 0 saturated heterocycles. The molecule has 0 aliphatic rings. The Bertz CT molecular complexity index is 273. The highest BCUT2D eigenvalue weighted by molar-refractivity contribution is 7.13. The van der Waals surface area contributed by atoms with Crippen LogP contribution >= 0.6 is 11.3 Å². The largest absolute Gasteiger partial charge is 0.486 e. The summed E-state index contributed by atoms with van der Waals surface area (Å²) in [6, 6.07) is 0. The average molecular weight is 185 g/mol. The van der Waals surface area contributed by atoms with Gasteiger partial charge < -0.3 is 4.74 Å². The van der Waals surface area contributed by atoms with E-state index in [1.165, 1.54) is 0 Å². The predicted molar refractivity (Wildman–Crippen MR) is 52.1 cm³/mol. The van der Waals surface area contributed by atoms with E-state index < -0.39 is 0 Å². The molecule has 0 bridgehead atoms. The third kappa shape index (κ3) is 1.78. The van der Waals surface area contributed by atoms with E-state index in [1.54, 1.807) is 18.4 Å². The molecule has 2 nitrogen and oxygen atoms in total. The minimum atomic E-state index is 0.0795. The minimum absolute atomic E-state index is 0.0795. The Morgan fingerprint density at radius 2 is 1.92 bits per heavy atom. The number of hydrogen-bond acceptors (Lipinski definition) is 3. The highest BCUT2D eigenvalue weighted by Gasteiger charge is 2.22. The van der Waals surface area contributed by atoms with Crippen molar-refractivity contribution >= 4 is 11.3 Å². The summed E-state index contributed by atoms with van der Waals surface area (Å²) in [5.74, 6) is 0. The molecule has 0 atom stereocenters. The van der Waals surface area contributed by atoms with Crippen molar-refractivity contribution in [1.82, 2.24) is 4.98 Å². The standard InChI is InChI=1S/C9H15NOS/c1-6-10-7(9(2,3)4)8(11-5)12-6/h1-5H3. The Hall–Kier alpha value is -0.570. The molecule has 0 aromatic carbocycles. The SMILES string of the molecule is COc1sc(C)nc1C(C)(C)C. The third-order valence-corrected chi connectivity index (χ3v) is 2.53. The first-order valence-electron chi connectivity index (χ1n) is 3.97. The van der Waals surface area contributed by atoms with Crippen LogP contribution in [0.3, 0.4) is 0 Å². The number of aromatic nitrogens is 1. The van der Waals surface area contributed by atoms with Gasteiger partial charge in [0.1, 0.15) is 0 Å². The van der Waals surface area contributed by atoms with E-state index in [9.17, 15) is 0 Å².